The van der Waals surface area contributed by atoms with Crippen LogP contribution in [0.4, 0.5) is 0 Å². The third-order valence-corrected chi connectivity index (χ3v) is 6.17. The number of ether oxygens (including phenoxy) is 1. The van der Waals surface area contributed by atoms with Crippen LogP contribution < -0.4 is 5.56 Å². The molecule has 0 amide bonds. The molecule has 7 nitrogen and oxygen atoms in total. The summed E-state index contributed by atoms with van der Waals surface area (Å²) in [7, 11) is 0. The maximum absolute atomic E-state index is 13.7. The average Bonchev–Trinajstić information content (AvgIpc) is 3.10. The second-order valence-electron chi connectivity index (χ2n) is 7.93. The van der Waals surface area contributed by atoms with Crippen molar-refractivity contribution in [3.63, 3.8) is 0 Å². The van der Waals surface area contributed by atoms with Crippen LogP contribution in [0.3, 0.4) is 0 Å². The van der Waals surface area contributed by atoms with Gasteiger partial charge in [0, 0.05) is 24.8 Å². The molecule has 0 radical (unpaired) electrons. The van der Waals surface area contributed by atoms with Crippen LogP contribution >= 0.6 is 11.6 Å². The van der Waals surface area contributed by atoms with E-state index in [1.165, 1.54) is 0 Å². The van der Waals surface area contributed by atoms with Crippen molar-refractivity contribution in [1.82, 2.24) is 24.1 Å². The lowest BCUT2D eigenvalue weighted by Crippen LogP contribution is -2.25. The Morgan fingerprint density at radius 1 is 0.939 bits per heavy atom. The zero-order valence-electron chi connectivity index (χ0n) is 18.6. The first-order chi connectivity index (χ1) is 16.1. The molecule has 8 heteroatoms. The molecule has 0 bridgehead atoms. The molecule has 0 N–H and O–H groups in total. The largest absolute Gasteiger partial charge is 0.382 e. The molecule has 3 aromatic heterocycles. The van der Waals surface area contributed by atoms with Gasteiger partial charge in [-0.1, -0.05) is 41.9 Å². The number of rotatable bonds is 7. The first-order valence-corrected chi connectivity index (χ1v) is 11.4. The second kappa shape index (κ2) is 8.92. The number of benzene rings is 2. The number of hydrogen-bond acceptors (Lipinski definition) is 5. The number of nitrogens with zero attached hydrogens (tertiary/aromatic N) is 5. The summed E-state index contributed by atoms with van der Waals surface area (Å²) in [6, 6.07) is 15.3. The molecule has 0 saturated heterocycles. The van der Waals surface area contributed by atoms with Gasteiger partial charge in [0.2, 0.25) is 0 Å². The van der Waals surface area contributed by atoms with E-state index in [4.69, 9.17) is 31.3 Å². The molecule has 33 heavy (non-hydrogen) atoms. The van der Waals surface area contributed by atoms with Crippen LogP contribution in [0.1, 0.15) is 24.7 Å². The van der Waals surface area contributed by atoms with Crippen molar-refractivity contribution in [3.05, 3.63) is 75.3 Å². The van der Waals surface area contributed by atoms with Crippen molar-refractivity contribution in [2.75, 3.05) is 13.2 Å². The van der Waals surface area contributed by atoms with Crippen molar-refractivity contribution >= 4 is 44.8 Å². The van der Waals surface area contributed by atoms with Gasteiger partial charge in [0.15, 0.2) is 11.3 Å². The molecule has 0 unspecified atom stereocenters. The van der Waals surface area contributed by atoms with Crippen LogP contribution in [-0.4, -0.2) is 37.3 Å². The summed E-state index contributed by atoms with van der Waals surface area (Å²) < 4.78 is 9.10. The Morgan fingerprint density at radius 2 is 1.67 bits per heavy atom. The Hall–Kier alpha value is -3.29. The fourth-order valence-corrected chi connectivity index (χ4v) is 4.37. The topological polar surface area (TPSA) is 74.8 Å². The van der Waals surface area contributed by atoms with Crippen LogP contribution in [0.25, 0.3) is 33.2 Å². The highest BCUT2D eigenvalue weighted by Gasteiger charge is 2.21. The minimum Gasteiger partial charge on any atom is -0.382 e. The monoisotopic (exact) mass is 461 g/mol. The zero-order chi connectivity index (χ0) is 22.9. The molecule has 0 aliphatic rings. The predicted molar refractivity (Wildman–Crippen MR) is 131 cm³/mol. The SMILES string of the molecule is CCOCCCn1c(C)nc2c(c1=O)c1nc3ccccc3nc1n2Cc1ccccc1Cl. The molecular weight excluding hydrogens is 438 g/mol. The molecule has 0 fully saturated rings. The van der Waals surface area contributed by atoms with E-state index < -0.39 is 0 Å². The van der Waals surface area contributed by atoms with Crippen LogP contribution in [0.2, 0.25) is 5.02 Å². The first-order valence-electron chi connectivity index (χ1n) is 11.1. The van der Waals surface area contributed by atoms with Gasteiger partial charge in [-0.05, 0) is 44.0 Å². The van der Waals surface area contributed by atoms with Gasteiger partial charge in [0.25, 0.3) is 5.56 Å². The number of aryl methyl sites for hydroxylation is 1. The smallest absolute Gasteiger partial charge is 0.265 e. The van der Waals surface area contributed by atoms with Gasteiger partial charge in [-0.15, -0.1) is 0 Å². The molecule has 2 aromatic carbocycles. The maximum atomic E-state index is 13.7. The van der Waals surface area contributed by atoms with E-state index >= 15 is 0 Å². The Bertz CT molecular complexity index is 1540. The summed E-state index contributed by atoms with van der Waals surface area (Å²) in [6.07, 6.45) is 0.731. The quantitative estimate of drug-likeness (QED) is 0.327. The number of halogens is 1. The maximum Gasteiger partial charge on any atom is 0.265 e. The van der Waals surface area contributed by atoms with Crippen LogP contribution in [0.15, 0.2) is 53.3 Å². The van der Waals surface area contributed by atoms with Gasteiger partial charge in [-0.2, -0.15) is 0 Å². The Kier molecular flexibility index (Phi) is 5.83. The minimum atomic E-state index is -0.110. The van der Waals surface area contributed by atoms with Crippen LogP contribution in [0, 0.1) is 6.92 Å². The van der Waals surface area contributed by atoms with Gasteiger partial charge in [-0.3, -0.25) is 9.36 Å². The van der Waals surface area contributed by atoms with E-state index in [0.29, 0.717) is 59.3 Å². The predicted octanol–water partition coefficient (Wildman–Crippen LogP) is 4.73. The van der Waals surface area contributed by atoms with E-state index in [-0.39, 0.29) is 5.56 Å². The van der Waals surface area contributed by atoms with E-state index in [1.54, 1.807) is 4.57 Å². The zero-order valence-corrected chi connectivity index (χ0v) is 19.3. The fourth-order valence-electron chi connectivity index (χ4n) is 4.18. The average molecular weight is 462 g/mol. The van der Waals surface area contributed by atoms with E-state index in [0.717, 1.165) is 23.0 Å². The van der Waals surface area contributed by atoms with Crippen molar-refractivity contribution in [2.24, 2.45) is 0 Å². The summed E-state index contributed by atoms with van der Waals surface area (Å²) in [5.41, 5.74) is 4.08. The number of para-hydroxylation sites is 2. The summed E-state index contributed by atoms with van der Waals surface area (Å²) >= 11 is 6.46. The third-order valence-electron chi connectivity index (χ3n) is 5.80. The van der Waals surface area contributed by atoms with E-state index in [2.05, 4.69) is 0 Å². The Morgan fingerprint density at radius 3 is 2.42 bits per heavy atom. The molecule has 0 aliphatic carbocycles. The van der Waals surface area contributed by atoms with Crippen molar-refractivity contribution < 1.29 is 4.74 Å². The lowest BCUT2D eigenvalue weighted by atomic mass is 10.2. The number of hydrogen-bond donors (Lipinski definition) is 0. The highest BCUT2D eigenvalue weighted by Crippen LogP contribution is 2.27. The normalized spacial score (nSPS) is 11.7. The molecule has 5 rings (SSSR count). The van der Waals surface area contributed by atoms with Crippen LogP contribution in [-0.2, 0) is 17.8 Å². The van der Waals surface area contributed by atoms with Gasteiger partial charge < -0.3 is 9.30 Å². The minimum absolute atomic E-state index is 0.110. The number of aromatic nitrogens is 5. The third kappa shape index (κ3) is 3.87. The lowest BCUT2D eigenvalue weighted by Gasteiger charge is -2.11. The van der Waals surface area contributed by atoms with Gasteiger partial charge >= 0.3 is 0 Å². The van der Waals surface area contributed by atoms with Crippen molar-refractivity contribution in [1.29, 1.82) is 0 Å². The first kappa shape index (κ1) is 21.6. The van der Waals surface area contributed by atoms with Crippen molar-refractivity contribution in [2.45, 2.75) is 33.4 Å². The molecule has 5 aromatic rings. The number of fused-ring (bicyclic) bond motifs is 4. The van der Waals surface area contributed by atoms with E-state index in [9.17, 15) is 4.79 Å². The molecule has 168 valence electrons. The molecule has 0 spiro atoms. The summed E-state index contributed by atoms with van der Waals surface area (Å²) in [5, 5.41) is 1.14. The molecule has 0 atom stereocenters. The Balaban J connectivity index is 1.77. The second-order valence-corrected chi connectivity index (χ2v) is 8.33. The van der Waals surface area contributed by atoms with E-state index in [1.807, 2.05) is 66.9 Å². The molecular formula is C25H24ClN5O2. The van der Waals surface area contributed by atoms with Gasteiger partial charge in [0.1, 0.15) is 16.7 Å². The highest BCUT2D eigenvalue weighted by molar-refractivity contribution is 6.31. The molecule has 3 heterocycles. The summed E-state index contributed by atoms with van der Waals surface area (Å²) in [4.78, 5) is 28.2. The van der Waals surface area contributed by atoms with Crippen LogP contribution in [0.5, 0.6) is 0 Å². The summed E-state index contributed by atoms with van der Waals surface area (Å²) in [5.74, 6) is 0.650. The van der Waals surface area contributed by atoms with Gasteiger partial charge in [0.05, 0.1) is 17.6 Å². The van der Waals surface area contributed by atoms with Crippen molar-refractivity contribution in [3.8, 4) is 0 Å². The lowest BCUT2D eigenvalue weighted by molar-refractivity contribution is 0.141. The fraction of sp³-hybridized carbons (Fsp3) is 0.280. The Labute approximate surface area is 195 Å². The summed E-state index contributed by atoms with van der Waals surface area (Å²) in [6.45, 7) is 6.04. The van der Waals surface area contributed by atoms with Gasteiger partial charge in [-0.25, -0.2) is 15.0 Å². The molecule has 0 aliphatic heterocycles. The highest BCUT2D eigenvalue weighted by atomic mass is 35.5. The standard InChI is InChI=1S/C25H24ClN5O2/c1-3-33-14-8-13-30-16(2)27-23-21(25(30)32)22-24(29-20-12-7-6-11-19(20)28-22)31(23)15-17-9-4-5-10-18(17)26/h4-7,9-12H,3,8,13-15H2,1-2H3. The molecule has 0 saturated carbocycles.